The average Bonchev–Trinajstić information content (AvgIpc) is 3.37. The van der Waals surface area contributed by atoms with Crippen LogP contribution in [-0.2, 0) is 4.74 Å². The van der Waals surface area contributed by atoms with Gasteiger partial charge in [0, 0.05) is 88.8 Å². The first-order valence-electron chi connectivity index (χ1n) is 12.6. The molecule has 9 heteroatoms. The number of hydrogen-bond donors (Lipinski definition) is 1. The smallest absolute Gasteiger partial charge is 0.134 e. The monoisotopic (exact) mass is 486 g/mol. The van der Waals surface area contributed by atoms with Crippen LogP contribution >= 0.6 is 0 Å². The number of nitrogens with one attached hydrogen (secondary N) is 1. The van der Waals surface area contributed by atoms with Crippen molar-refractivity contribution in [2.75, 3.05) is 70.9 Å². The van der Waals surface area contributed by atoms with Crippen molar-refractivity contribution in [3.8, 4) is 6.07 Å². The molecule has 1 N–H and O–H groups in total. The Morgan fingerprint density at radius 3 is 2.81 bits per heavy atom. The maximum absolute atomic E-state index is 9.51. The van der Waals surface area contributed by atoms with Gasteiger partial charge in [-0.05, 0) is 37.9 Å². The zero-order valence-electron chi connectivity index (χ0n) is 21.2. The van der Waals surface area contributed by atoms with Crippen LogP contribution in [0, 0.1) is 11.3 Å². The highest BCUT2D eigenvalue weighted by Crippen LogP contribution is 2.30. The molecule has 0 radical (unpaired) electrons. The number of nitriles is 1. The molecule has 0 aliphatic carbocycles. The minimum Gasteiger partial charge on any atom is -0.370 e. The van der Waals surface area contributed by atoms with Gasteiger partial charge in [0.15, 0.2) is 0 Å². The van der Waals surface area contributed by atoms with Gasteiger partial charge in [-0.2, -0.15) is 5.26 Å². The van der Waals surface area contributed by atoms with Gasteiger partial charge >= 0.3 is 0 Å². The van der Waals surface area contributed by atoms with Crippen LogP contribution < -0.4 is 10.2 Å². The molecule has 9 nitrogen and oxygen atoms in total. The van der Waals surface area contributed by atoms with Gasteiger partial charge in [-0.15, -0.1) is 0 Å². The second-order valence-corrected chi connectivity index (χ2v) is 9.64. The second-order valence-electron chi connectivity index (χ2n) is 9.64. The number of aliphatic imine (C=N–C) groups is 2. The first kappa shape index (κ1) is 24.4. The fourth-order valence-corrected chi connectivity index (χ4v) is 5.62. The zero-order chi connectivity index (χ0) is 25.1. The number of anilines is 1. The van der Waals surface area contributed by atoms with Crippen LogP contribution in [0.2, 0.25) is 0 Å². The van der Waals surface area contributed by atoms with Gasteiger partial charge in [-0.3, -0.25) is 14.9 Å². The minimum atomic E-state index is 0.107. The molecule has 0 saturated carbocycles. The van der Waals surface area contributed by atoms with Crippen molar-refractivity contribution in [2.45, 2.75) is 19.1 Å². The van der Waals surface area contributed by atoms with E-state index in [1.807, 2.05) is 19.2 Å². The van der Waals surface area contributed by atoms with Gasteiger partial charge in [0.2, 0.25) is 0 Å². The number of aromatic nitrogens is 1. The highest BCUT2D eigenvalue weighted by Gasteiger charge is 2.30. The molecule has 0 bridgehead atoms. The summed E-state index contributed by atoms with van der Waals surface area (Å²) in [5, 5.41) is 13.9. The van der Waals surface area contributed by atoms with Gasteiger partial charge in [0.1, 0.15) is 11.9 Å². The fraction of sp³-hybridized carbons (Fsp3) is 0.481. The third-order valence-electron chi connectivity index (χ3n) is 7.30. The first-order chi connectivity index (χ1) is 17.6. The molecule has 188 valence electrons. The van der Waals surface area contributed by atoms with E-state index in [0.717, 1.165) is 87.0 Å². The van der Waals surface area contributed by atoms with Gasteiger partial charge in [-0.25, -0.2) is 4.99 Å². The molecule has 2 aromatic rings. The predicted molar refractivity (Wildman–Crippen MR) is 144 cm³/mol. The minimum absolute atomic E-state index is 0.107. The molecular formula is C27H34N8O. The summed E-state index contributed by atoms with van der Waals surface area (Å²) in [5.41, 5.74) is 4.74. The quantitative estimate of drug-likeness (QED) is 0.646. The Kier molecular flexibility index (Phi) is 7.28. The van der Waals surface area contributed by atoms with E-state index in [9.17, 15) is 5.26 Å². The van der Waals surface area contributed by atoms with E-state index in [0.29, 0.717) is 5.56 Å². The Morgan fingerprint density at radius 1 is 1.22 bits per heavy atom. The predicted octanol–water partition coefficient (Wildman–Crippen LogP) is 1.90. The number of rotatable bonds is 5. The molecule has 0 unspecified atom stereocenters. The van der Waals surface area contributed by atoms with Crippen molar-refractivity contribution in [1.82, 2.24) is 20.1 Å². The van der Waals surface area contributed by atoms with Crippen LogP contribution in [0.1, 0.15) is 12.5 Å². The fourth-order valence-electron chi connectivity index (χ4n) is 5.62. The topological polar surface area (TPSA) is 92.4 Å². The molecular weight excluding hydrogens is 452 g/mol. The lowest BCUT2D eigenvalue weighted by molar-refractivity contribution is -0.0367. The van der Waals surface area contributed by atoms with Crippen molar-refractivity contribution in [1.29, 1.82) is 5.26 Å². The van der Waals surface area contributed by atoms with Crippen LogP contribution in [0.15, 0.2) is 51.8 Å². The van der Waals surface area contributed by atoms with Crippen molar-refractivity contribution < 1.29 is 4.74 Å². The lowest BCUT2D eigenvalue weighted by atomic mass is 10.1. The molecule has 4 heterocycles. The number of pyridine rings is 1. The maximum atomic E-state index is 9.51. The van der Waals surface area contributed by atoms with E-state index < -0.39 is 0 Å². The molecule has 5 rings (SSSR count). The number of morpholine rings is 1. The van der Waals surface area contributed by atoms with Crippen molar-refractivity contribution in [3.05, 3.63) is 47.4 Å². The maximum Gasteiger partial charge on any atom is 0.134 e. The third-order valence-corrected chi connectivity index (χ3v) is 7.30. The Bertz CT molecular complexity index is 1220. The van der Waals surface area contributed by atoms with Crippen molar-refractivity contribution >= 4 is 29.0 Å². The van der Waals surface area contributed by atoms with E-state index in [2.05, 4.69) is 66.8 Å². The number of ether oxygens (including phenoxy) is 1. The molecule has 1 aromatic carbocycles. The van der Waals surface area contributed by atoms with E-state index in [1.54, 1.807) is 6.20 Å². The number of piperazine rings is 1. The largest absolute Gasteiger partial charge is 0.370 e. The number of hydrogen-bond acceptors (Lipinski definition) is 9. The summed E-state index contributed by atoms with van der Waals surface area (Å²) in [6.07, 6.45) is 1.98. The highest BCUT2D eigenvalue weighted by atomic mass is 16.5. The van der Waals surface area contributed by atoms with E-state index >= 15 is 0 Å². The lowest BCUT2D eigenvalue weighted by Crippen LogP contribution is -2.54. The number of fused-ring (bicyclic) bond motifs is 1. The standard InChI is InChI=1S/C27H34N8O/c1-19-16-35(25-7-6-20(13-28)26-22(25)5-4-8-32-26)18-21(36-19)17-33-9-11-34(12-10-33)27(30-3)23-14-31-15-24(23)29-2/h4-8,19,21,31H,3,9-12,14-18H2,1-2H3/b27-23+,29-24?/t19-,21+/m1/s1. The van der Waals surface area contributed by atoms with Gasteiger partial charge < -0.3 is 19.9 Å². The number of benzene rings is 1. The highest BCUT2D eigenvalue weighted by molar-refractivity contribution is 6.04. The molecule has 36 heavy (non-hydrogen) atoms. The molecule has 3 aliphatic rings. The van der Waals surface area contributed by atoms with Crippen LogP contribution in [0.4, 0.5) is 5.69 Å². The molecule has 0 spiro atoms. The van der Waals surface area contributed by atoms with Gasteiger partial charge in [0.25, 0.3) is 0 Å². The molecule has 3 saturated heterocycles. The summed E-state index contributed by atoms with van der Waals surface area (Å²) in [6.45, 7) is 13.8. The Balaban J connectivity index is 1.26. The summed E-state index contributed by atoms with van der Waals surface area (Å²) in [4.78, 5) is 20.5. The zero-order valence-corrected chi connectivity index (χ0v) is 21.2. The second kappa shape index (κ2) is 10.7. The summed E-state index contributed by atoms with van der Waals surface area (Å²) >= 11 is 0. The van der Waals surface area contributed by atoms with Gasteiger partial charge in [0.05, 0.1) is 29.0 Å². The average molecular weight is 487 g/mol. The SMILES string of the molecule is C=N/C(=C1/CNCC1=NC)N1CCN(C[C@H]2CN(c3ccc(C#N)c4ncccc34)C[C@@H](C)O2)CC1. The normalized spacial score (nSPS) is 25.9. The lowest BCUT2D eigenvalue weighted by Gasteiger charge is -2.42. The molecule has 2 atom stereocenters. The summed E-state index contributed by atoms with van der Waals surface area (Å²) in [6, 6.07) is 10.2. The van der Waals surface area contributed by atoms with Crippen molar-refractivity contribution in [2.24, 2.45) is 9.98 Å². The van der Waals surface area contributed by atoms with Crippen LogP contribution in [-0.4, -0.2) is 105 Å². The first-order valence-corrected chi connectivity index (χ1v) is 12.6. The summed E-state index contributed by atoms with van der Waals surface area (Å²) in [7, 11) is 1.84. The molecule has 3 fully saturated rings. The van der Waals surface area contributed by atoms with E-state index in [-0.39, 0.29) is 12.2 Å². The van der Waals surface area contributed by atoms with Crippen LogP contribution in [0.25, 0.3) is 10.9 Å². The molecule has 1 aromatic heterocycles. The Hall–Kier alpha value is -3.32. The van der Waals surface area contributed by atoms with Crippen molar-refractivity contribution in [3.63, 3.8) is 0 Å². The summed E-state index contributed by atoms with van der Waals surface area (Å²) < 4.78 is 6.38. The Labute approximate surface area is 212 Å². The van der Waals surface area contributed by atoms with Crippen LogP contribution in [0.5, 0.6) is 0 Å². The van der Waals surface area contributed by atoms with Gasteiger partial charge in [-0.1, -0.05) is 0 Å². The third kappa shape index (κ3) is 4.85. The van der Waals surface area contributed by atoms with Crippen LogP contribution in [0.3, 0.4) is 0 Å². The number of nitrogens with zero attached hydrogens (tertiary/aromatic N) is 7. The van der Waals surface area contributed by atoms with E-state index in [1.165, 1.54) is 5.57 Å². The Morgan fingerprint density at radius 2 is 2.06 bits per heavy atom. The van der Waals surface area contributed by atoms with E-state index in [4.69, 9.17) is 4.74 Å². The molecule has 3 aliphatic heterocycles. The molecule has 0 amide bonds. The summed E-state index contributed by atoms with van der Waals surface area (Å²) in [5.74, 6) is 0.968.